The fourth-order valence-electron chi connectivity index (χ4n) is 2.86. The summed E-state index contributed by atoms with van der Waals surface area (Å²) in [7, 11) is 5.65. The van der Waals surface area contributed by atoms with E-state index in [1.54, 1.807) is 19.4 Å². The van der Waals surface area contributed by atoms with E-state index < -0.39 is 0 Å². The number of carbonyl (C=O) groups is 1. The van der Waals surface area contributed by atoms with Gasteiger partial charge in [0.1, 0.15) is 5.75 Å². The Bertz CT molecular complexity index is 895. The summed E-state index contributed by atoms with van der Waals surface area (Å²) in [6.07, 6.45) is 1.74. The second-order valence-electron chi connectivity index (χ2n) is 6.51. The minimum atomic E-state index is -0.108. The predicted molar refractivity (Wildman–Crippen MR) is 114 cm³/mol. The number of thiazole rings is 1. The molecule has 1 aromatic heterocycles. The average molecular weight is 397 g/mol. The standard InChI is InChI=1S/C21H24N4O2S/c1-25(2)19(15-7-9-18(27-3)10-8-15)14-23-20(26)16-5-4-6-17(13-16)24-21-22-11-12-28-21/h4-13,19H,14H2,1-3H3,(H,22,24)(H,23,26). The number of hydrogen-bond acceptors (Lipinski definition) is 6. The molecule has 28 heavy (non-hydrogen) atoms. The Morgan fingerprint density at radius 1 is 1.21 bits per heavy atom. The highest BCUT2D eigenvalue weighted by Crippen LogP contribution is 2.22. The molecule has 0 saturated heterocycles. The number of aromatic nitrogens is 1. The van der Waals surface area contributed by atoms with Crippen LogP contribution in [-0.4, -0.2) is 43.5 Å². The van der Waals surface area contributed by atoms with Crippen LogP contribution in [0.3, 0.4) is 0 Å². The highest BCUT2D eigenvalue weighted by atomic mass is 32.1. The Hall–Kier alpha value is -2.90. The van der Waals surface area contributed by atoms with Gasteiger partial charge in [-0.2, -0.15) is 0 Å². The van der Waals surface area contributed by atoms with Gasteiger partial charge in [0.15, 0.2) is 5.13 Å². The van der Waals surface area contributed by atoms with Crippen LogP contribution in [0.1, 0.15) is 22.0 Å². The molecule has 1 unspecified atom stereocenters. The van der Waals surface area contributed by atoms with Crippen LogP contribution in [0.2, 0.25) is 0 Å². The Morgan fingerprint density at radius 2 is 2.00 bits per heavy atom. The minimum absolute atomic E-state index is 0.0616. The molecule has 0 spiro atoms. The van der Waals surface area contributed by atoms with E-state index in [-0.39, 0.29) is 11.9 Å². The maximum atomic E-state index is 12.7. The molecule has 3 aromatic rings. The number of anilines is 2. The molecule has 1 amide bonds. The van der Waals surface area contributed by atoms with Crippen LogP contribution < -0.4 is 15.4 Å². The summed E-state index contributed by atoms with van der Waals surface area (Å²) >= 11 is 1.51. The molecule has 2 aromatic carbocycles. The lowest BCUT2D eigenvalue weighted by atomic mass is 10.1. The summed E-state index contributed by atoms with van der Waals surface area (Å²) in [5.74, 6) is 0.706. The summed E-state index contributed by atoms with van der Waals surface area (Å²) in [5, 5.41) is 8.95. The highest BCUT2D eigenvalue weighted by molar-refractivity contribution is 7.13. The van der Waals surface area contributed by atoms with Crippen LogP contribution in [0.15, 0.2) is 60.1 Å². The van der Waals surface area contributed by atoms with Crippen molar-refractivity contribution in [2.45, 2.75) is 6.04 Å². The first-order valence-corrected chi connectivity index (χ1v) is 9.80. The lowest BCUT2D eigenvalue weighted by Gasteiger charge is -2.25. The number of carbonyl (C=O) groups excluding carboxylic acids is 1. The molecule has 3 rings (SSSR count). The van der Waals surface area contributed by atoms with Crippen LogP contribution in [0, 0.1) is 0 Å². The van der Waals surface area contributed by atoms with E-state index in [1.807, 2.05) is 61.9 Å². The minimum Gasteiger partial charge on any atom is -0.497 e. The summed E-state index contributed by atoms with van der Waals surface area (Å²) in [6, 6.07) is 15.4. The fourth-order valence-corrected chi connectivity index (χ4v) is 3.41. The number of amides is 1. The Morgan fingerprint density at radius 3 is 2.64 bits per heavy atom. The first-order valence-electron chi connectivity index (χ1n) is 8.92. The van der Waals surface area contributed by atoms with Gasteiger partial charge in [0.05, 0.1) is 13.2 Å². The lowest BCUT2D eigenvalue weighted by molar-refractivity contribution is 0.0942. The van der Waals surface area contributed by atoms with Gasteiger partial charge in [-0.25, -0.2) is 4.98 Å². The van der Waals surface area contributed by atoms with Crippen LogP contribution in [0.5, 0.6) is 5.75 Å². The Balaban J connectivity index is 1.65. The van der Waals surface area contributed by atoms with Crippen LogP contribution in [0.25, 0.3) is 0 Å². The van der Waals surface area contributed by atoms with Gasteiger partial charge < -0.3 is 20.3 Å². The van der Waals surface area contributed by atoms with Gasteiger partial charge in [-0.3, -0.25) is 4.79 Å². The lowest BCUT2D eigenvalue weighted by Crippen LogP contribution is -2.34. The first kappa shape index (κ1) is 19.9. The monoisotopic (exact) mass is 396 g/mol. The summed E-state index contributed by atoms with van der Waals surface area (Å²) in [4.78, 5) is 19.0. The molecule has 6 nitrogen and oxygen atoms in total. The van der Waals surface area contributed by atoms with E-state index in [2.05, 4.69) is 20.5 Å². The van der Waals surface area contributed by atoms with Gasteiger partial charge in [0, 0.05) is 29.4 Å². The van der Waals surface area contributed by atoms with E-state index in [0.717, 1.165) is 22.1 Å². The molecule has 0 aliphatic rings. The maximum absolute atomic E-state index is 12.7. The highest BCUT2D eigenvalue weighted by Gasteiger charge is 2.16. The number of benzene rings is 2. The fraction of sp³-hybridized carbons (Fsp3) is 0.238. The van der Waals surface area contributed by atoms with Gasteiger partial charge in [0.25, 0.3) is 5.91 Å². The SMILES string of the molecule is COc1ccc(C(CNC(=O)c2cccc(Nc3nccs3)c2)N(C)C)cc1. The molecule has 7 heteroatoms. The summed E-state index contributed by atoms with van der Waals surface area (Å²) in [5.41, 5.74) is 2.56. The van der Waals surface area contributed by atoms with Crippen molar-refractivity contribution in [3.8, 4) is 5.75 Å². The quantitative estimate of drug-likeness (QED) is 0.604. The Labute approximate surface area is 169 Å². The van der Waals surface area contributed by atoms with Crippen molar-refractivity contribution in [1.82, 2.24) is 15.2 Å². The van der Waals surface area contributed by atoms with Crippen molar-refractivity contribution in [3.63, 3.8) is 0 Å². The van der Waals surface area contributed by atoms with E-state index >= 15 is 0 Å². The summed E-state index contributed by atoms with van der Waals surface area (Å²) in [6.45, 7) is 0.502. The number of ether oxygens (including phenoxy) is 1. The molecule has 146 valence electrons. The van der Waals surface area contributed by atoms with Gasteiger partial charge in [0.2, 0.25) is 0 Å². The molecule has 2 N–H and O–H groups in total. The number of hydrogen-bond donors (Lipinski definition) is 2. The molecule has 0 aliphatic carbocycles. The second kappa shape index (κ2) is 9.34. The molecular formula is C21H24N4O2S. The molecule has 0 bridgehead atoms. The van der Waals surface area contributed by atoms with Crippen LogP contribution in [0.4, 0.5) is 10.8 Å². The Kier molecular flexibility index (Phi) is 6.62. The van der Waals surface area contributed by atoms with Gasteiger partial charge in [-0.05, 0) is 50.0 Å². The molecule has 1 atom stereocenters. The molecular weight excluding hydrogens is 372 g/mol. The molecule has 0 aliphatic heterocycles. The van der Waals surface area contributed by atoms with Crippen molar-refractivity contribution < 1.29 is 9.53 Å². The number of nitrogens with zero attached hydrogens (tertiary/aromatic N) is 2. The van der Waals surface area contributed by atoms with Gasteiger partial charge in [-0.15, -0.1) is 11.3 Å². The van der Waals surface area contributed by atoms with E-state index in [9.17, 15) is 4.79 Å². The topological polar surface area (TPSA) is 66.5 Å². The number of likely N-dealkylation sites (N-methyl/N-ethyl adjacent to an activating group) is 1. The van der Waals surface area contributed by atoms with Gasteiger partial charge >= 0.3 is 0 Å². The zero-order chi connectivity index (χ0) is 19.9. The molecule has 1 heterocycles. The number of methoxy groups -OCH3 is 1. The third kappa shape index (κ3) is 5.09. The van der Waals surface area contributed by atoms with Crippen LogP contribution >= 0.6 is 11.3 Å². The number of rotatable bonds is 8. The van der Waals surface area contributed by atoms with Gasteiger partial charge in [-0.1, -0.05) is 18.2 Å². The van der Waals surface area contributed by atoms with Crippen LogP contribution in [-0.2, 0) is 0 Å². The molecule has 0 saturated carbocycles. The zero-order valence-electron chi connectivity index (χ0n) is 16.2. The molecule has 0 radical (unpaired) electrons. The third-order valence-corrected chi connectivity index (χ3v) is 5.08. The van der Waals surface area contributed by atoms with Crippen molar-refractivity contribution in [1.29, 1.82) is 0 Å². The van der Waals surface area contributed by atoms with Crippen molar-refractivity contribution >= 4 is 28.1 Å². The predicted octanol–water partition coefficient (Wildman–Crippen LogP) is 3.93. The number of nitrogens with one attached hydrogen (secondary N) is 2. The van der Waals surface area contributed by atoms with E-state index in [0.29, 0.717) is 12.1 Å². The van der Waals surface area contributed by atoms with Crippen molar-refractivity contribution in [3.05, 3.63) is 71.2 Å². The average Bonchev–Trinajstić information content (AvgIpc) is 3.21. The normalized spacial score (nSPS) is 11.9. The summed E-state index contributed by atoms with van der Waals surface area (Å²) < 4.78 is 5.22. The second-order valence-corrected chi connectivity index (χ2v) is 7.40. The first-order chi connectivity index (χ1) is 13.6. The van der Waals surface area contributed by atoms with E-state index in [1.165, 1.54) is 11.3 Å². The zero-order valence-corrected chi connectivity index (χ0v) is 17.0. The third-order valence-electron chi connectivity index (χ3n) is 4.39. The van der Waals surface area contributed by atoms with E-state index in [4.69, 9.17) is 4.74 Å². The maximum Gasteiger partial charge on any atom is 0.251 e. The van der Waals surface area contributed by atoms with Crippen molar-refractivity contribution in [2.24, 2.45) is 0 Å². The molecule has 0 fully saturated rings. The smallest absolute Gasteiger partial charge is 0.251 e. The largest absolute Gasteiger partial charge is 0.497 e. The van der Waals surface area contributed by atoms with Crippen molar-refractivity contribution in [2.75, 3.05) is 33.1 Å².